The lowest BCUT2D eigenvalue weighted by Gasteiger charge is -2.38. The molecule has 5 heteroatoms. The largest absolute Gasteiger partial charge is 0.369 e. The highest BCUT2D eigenvalue weighted by Gasteiger charge is 2.31. The van der Waals surface area contributed by atoms with Crippen LogP contribution in [0.5, 0.6) is 0 Å². The fourth-order valence-electron chi connectivity index (χ4n) is 2.72. The zero-order valence-electron chi connectivity index (χ0n) is 13.2. The van der Waals surface area contributed by atoms with Gasteiger partial charge in [-0.2, -0.15) is 0 Å². The van der Waals surface area contributed by atoms with Gasteiger partial charge in [0, 0.05) is 22.5 Å². The van der Waals surface area contributed by atoms with Gasteiger partial charge < -0.3 is 9.64 Å². The molecule has 0 N–H and O–H groups in total. The van der Waals surface area contributed by atoms with Crippen LogP contribution in [0, 0.1) is 6.92 Å². The molecular formula is C18H19ClN2O2. The van der Waals surface area contributed by atoms with Gasteiger partial charge in [-0.1, -0.05) is 29.8 Å². The molecule has 3 rings (SSSR count). The second-order valence-corrected chi connectivity index (χ2v) is 6.25. The van der Waals surface area contributed by atoms with E-state index in [1.807, 2.05) is 55.1 Å². The highest BCUT2D eigenvalue weighted by molar-refractivity contribution is 6.31. The van der Waals surface area contributed by atoms with E-state index in [1.54, 1.807) is 6.20 Å². The number of pyridine rings is 1. The van der Waals surface area contributed by atoms with Gasteiger partial charge in [0.1, 0.15) is 6.10 Å². The van der Waals surface area contributed by atoms with Crippen molar-refractivity contribution < 1.29 is 9.53 Å². The quantitative estimate of drug-likeness (QED) is 0.844. The zero-order valence-corrected chi connectivity index (χ0v) is 14.0. The van der Waals surface area contributed by atoms with E-state index in [1.165, 1.54) is 0 Å². The first-order valence-corrected chi connectivity index (χ1v) is 8.03. The lowest BCUT2D eigenvalue weighted by molar-refractivity contribution is -0.0486. The molecule has 2 aromatic rings. The molecule has 1 aliphatic heterocycles. The molecule has 120 valence electrons. The van der Waals surface area contributed by atoms with Gasteiger partial charge in [-0.15, -0.1) is 0 Å². The van der Waals surface area contributed by atoms with Gasteiger partial charge >= 0.3 is 0 Å². The van der Waals surface area contributed by atoms with Crippen LogP contribution in [0.1, 0.15) is 34.6 Å². The molecule has 1 saturated heterocycles. The highest BCUT2D eigenvalue weighted by atomic mass is 35.5. The molecule has 1 amide bonds. The standard InChI is InChI=1S/C18H19ClN2O2/c1-12-7-8-14(9-20-12)18(22)21-10-17(23-11-13(21)2)15-5-3-4-6-16(15)19/h3-9,13,17H,10-11H2,1-2H3/t13-,17+/m1/s1. The Morgan fingerprint density at radius 2 is 2.09 bits per heavy atom. The molecule has 4 nitrogen and oxygen atoms in total. The molecule has 1 aromatic carbocycles. The van der Waals surface area contributed by atoms with E-state index < -0.39 is 0 Å². The van der Waals surface area contributed by atoms with Crippen LogP contribution < -0.4 is 0 Å². The Balaban J connectivity index is 1.82. The predicted molar refractivity (Wildman–Crippen MR) is 89.6 cm³/mol. The summed E-state index contributed by atoms with van der Waals surface area (Å²) >= 11 is 6.26. The second kappa shape index (κ2) is 6.69. The first kappa shape index (κ1) is 16.0. The van der Waals surface area contributed by atoms with E-state index in [-0.39, 0.29) is 18.1 Å². The number of ether oxygens (including phenoxy) is 1. The molecule has 0 aliphatic carbocycles. The van der Waals surface area contributed by atoms with Gasteiger partial charge in [0.2, 0.25) is 0 Å². The van der Waals surface area contributed by atoms with Crippen molar-refractivity contribution in [2.45, 2.75) is 26.0 Å². The lowest BCUT2D eigenvalue weighted by atomic mass is 10.0. The van der Waals surface area contributed by atoms with Crippen LogP contribution in [0.15, 0.2) is 42.6 Å². The Bertz CT molecular complexity index is 702. The molecule has 0 radical (unpaired) electrons. The minimum atomic E-state index is -0.206. The fraction of sp³-hybridized carbons (Fsp3) is 0.333. The molecular weight excluding hydrogens is 312 g/mol. The van der Waals surface area contributed by atoms with Crippen LogP contribution in [-0.2, 0) is 4.74 Å². The van der Waals surface area contributed by atoms with Crippen molar-refractivity contribution in [2.75, 3.05) is 13.2 Å². The summed E-state index contributed by atoms with van der Waals surface area (Å²) in [6.45, 7) is 4.86. The minimum absolute atomic E-state index is 0.0162. The Hall–Kier alpha value is -1.91. The van der Waals surface area contributed by atoms with E-state index in [9.17, 15) is 4.79 Å². The third-order valence-corrected chi connectivity index (χ3v) is 4.45. The van der Waals surface area contributed by atoms with Gasteiger partial charge in [0.15, 0.2) is 0 Å². The number of hydrogen-bond donors (Lipinski definition) is 0. The topological polar surface area (TPSA) is 42.4 Å². The third kappa shape index (κ3) is 3.38. The number of carbonyl (C=O) groups excluding carboxylic acids is 1. The molecule has 0 spiro atoms. The van der Waals surface area contributed by atoms with E-state index >= 15 is 0 Å². The second-order valence-electron chi connectivity index (χ2n) is 5.84. The number of benzene rings is 1. The number of aromatic nitrogens is 1. The SMILES string of the molecule is Cc1ccc(C(=O)N2C[C@@H](c3ccccc3Cl)OC[C@H]2C)cn1. The van der Waals surface area contributed by atoms with E-state index in [2.05, 4.69) is 4.98 Å². The number of aryl methyl sites for hydroxylation is 1. The summed E-state index contributed by atoms with van der Waals surface area (Å²) in [6, 6.07) is 11.3. The summed E-state index contributed by atoms with van der Waals surface area (Å²) in [7, 11) is 0. The van der Waals surface area contributed by atoms with Crippen molar-refractivity contribution >= 4 is 17.5 Å². The summed E-state index contributed by atoms with van der Waals surface area (Å²) in [5.74, 6) is -0.0228. The molecule has 1 fully saturated rings. The lowest BCUT2D eigenvalue weighted by Crippen LogP contribution is -2.48. The number of halogens is 1. The third-order valence-electron chi connectivity index (χ3n) is 4.10. The Morgan fingerprint density at radius 1 is 1.30 bits per heavy atom. The van der Waals surface area contributed by atoms with E-state index in [4.69, 9.17) is 16.3 Å². The Kier molecular flexibility index (Phi) is 4.64. The summed E-state index contributed by atoms with van der Waals surface area (Å²) < 4.78 is 5.90. The van der Waals surface area contributed by atoms with Gasteiger partial charge in [0.05, 0.1) is 24.8 Å². The Labute approximate surface area is 141 Å². The van der Waals surface area contributed by atoms with Gasteiger partial charge in [-0.05, 0) is 32.0 Å². The summed E-state index contributed by atoms with van der Waals surface area (Å²) in [5.41, 5.74) is 2.41. The van der Waals surface area contributed by atoms with Gasteiger partial charge in [0.25, 0.3) is 5.91 Å². The van der Waals surface area contributed by atoms with Gasteiger partial charge in [-0.3, -0.25) is 9.78 Å². The van der Waals surface area contributed by atoms with Crippen LogP contribution >= 0.6 is 11.6 Å². The molecule has 0 bridgehead atoms. The van der Waals surface area contributed by atoms with Crippen LogP contribution in [0.2, 0.25) is 5.02 Å². The summed E-state index contributed by atoms with van der Waals surface area (Å²) in [5, 5.41) is 0.663. The summed E-state index contributed by atoms with van der Waals surface area (Å²) in [6.07, 6.45) is 1.42. The fourth-order valence-corrected chi connectivity index (χ4v) is 2.98. The number of rotatable bonds is 2. The number of morpholine rings is 1. The van der Waals surface area contributed by atoms with Crippen LogP contribution in [0.4, 0.5) is 0 Å². The minimum Gasteiger partial charge on any atom is -0.369 e. The Morgan fingerprint density at radius 3 is 2.78 bits per heavy atom. The van der Waals surface area contributed by atoms with Crippen molar-refractivity contribution in [1.82, 2.24) is 9.88 Å². The van der Waals surface area contributed by atoms with E-state index in [0.717, 1.165) is 11.3 Å². The molecule has 0 unspecified atom stereocenters. The van der Waals surface area contributed by atoms with E-state index in [0.29, 0.717) is 23.7 Å². The predicted octanol–water partition coefficient (Wildman–Crippen LogP) is 3.65. The average molecular weight is 331 g/mol. The first-order chi connectivity index (χ1) is 11.1. The highest BCUT2D eigenvalue weighted by Crippen LogP contribution is 2.30. The van der Waals surface area contributed by atoms with Crippen molar-refractivity contribution in [2.24, 2.45) is 0 Å². The maximum Gasteiger partial charge on any atom is 0.255 e. The summed E-state index contributed by atoms with van der Waals surface area (Å²) in [4.78, 5) is 18.8. The van der Waals surface area contributed by atoms with Crippen molar-refractivity contribution in [3.63, 3.8) is 0 Å². The molecule has 0 saturated carbocycles. The molecule has 1 aromatic heterocycles. The van der Waals surface area contributed by atoms with Crippen LogP contribution in [0.3, 0.4) is 0 Å². The monoisotopic (exact) mass is 330 g/mol. The van der Waals surface area contributed by atoms with Gasteiger partial charge in [-0.25, -0.2) is 0 Å². The smallest absolute Gasteiger partial charge is 0.255 e. The first-order valence-electron chi connectivity index (χ1n) is 7.66. The number of carbonyl (C=O) groups is 1. The molecule has 2 heterocycles. The molecule has 23 heavy (non-hydrogen) atoms. The van der Waals surface area contributed by atoms with Crippen LogP contribution in [0.25, 0.3) is 0 Å². The maximum atomic E-state index is 12.8. The molecule has 1 aliphatic rings. The van der Waals surface area contributed by atoms with Crippen molar-refractivity contribution in [1.29, 1.82) is 0 Å². The number of amides is 1. The van der Waals surface area contributed by atoms with Crippen LogP contribution in [-0.4, -0.2) is 35.0 Å². The van der Waals surface area contributed by atoms with Crippen molar-refractivity contribution in [3.05, 3.63) is 64.4 Å². The maximum absolute atomic E-state index is 12.8. The van der Waals surface area contributed by atoms with Crippen molar-refractivity contribution in [3.8, 4) is 0 Å². The average Bonchev–Trinajstić information content (AvgIpc) is 2.56. The number of nitrogens with zero attached hydrogens (tertiary/aromatic N) is 2. The normalized spacial score (nSPS) is 21.3. The zero-order chi connectivity index (χ0) is 16.4. The number of hydrogen-bond acceptors (Lipinski definition) is 3. The molecule has 2 atom stereocenters.